The van der Waals surface area contributed by atoms with Gasteiger partial charge in [0.2, 0.25) is 5.91 Å². The third kappa shape index (κ3) is 20.5. The molecule has 0 aliphatic heterocycles. The number of aliphatic hydroxyl groups excluding tert-OH is 2. The SMILES string of the molecule is CCCC/C=C\CCCCCCC(=O)NC(CO)C(O)/C=C/CCCCCCCCC. The summed E-state index contributed by atoms with van der Waals surface area (Å²) in [6, 6.07) is -0.619. The Labute approximate surface area is 192 Å². The second-order valence-electron chi connectivity index (χ2n) is 8.75. The number of carbonyl (C=O) groups is 1. The third-order valence-corrected chi connectivity index (χ3v) is 5.68. The summed E-state index contributed by atoms with van der Waals surface area (Å²) in [6.07, 6.45) is 26.7. The van der Waals surface area contributed by atoms with E-state index in [0.717, 1.165) is 38.5 Å². The number of aliphatic hydroxyl groups is 2. The quantitative estimate of drug-likeness (QED) is 0.132. The van der Waals surface area contributed by atoms with E-state index >= 15 is 0 Å². The number of carbonyl (C=O) groups excluding carboxylic acids is 1. The number of amides is 1. The van der Waals surface area contributed by atoms with Crippen molar-refractivity contribution in [1.82, 2.24) is 5.32 Å². The van der Waals surface area contributed by atoms with Gasteiger partial charge in [-0.15, -0.1) is 0 Å². The molecule has 3 N–H and O–H groups in total. The maximum absolute atomic E-state index is 12.1. The highest BCUT2D eigenvalue weighted by Gasteiger charge is 2.17. The molecule has 0 spiro atoms. The molecular weight excluding hydrogens is 386 g/mol. The lowest BCUT2D eigenvalue weighted by Gasteiger charge is -2.20. The molecule has 0 aromatic heterocycles. The van der Waals surface area contributed by atoms with E-state index in [9.17, 15) is 15.0 Å². The van der Waals surface area contributed by atoms with Gasteiger partial charge in [-0.05, 0) is 38.5 Å². The van der Waals surface area contributed by atoms with E-state index in [1.807, 2.05) is 6.08 Å². The van der Waals surface area contributed by atoms with Gasteiger partial charge in [0.15, 0.2) is 0 Å². The van der Waals surface area contributed by atoms with Crippen molar-refractivity contribution in [2.75, 3.05) is 6.61 Å². The van der Waals surface area contributed by atoms with Crippen LogP contribution in [0.25, 0.3) is 0 Å². The molecule has 0 aromatic carbocycles. The van der Waals surface area contributed by atoms with Gasteiger partial charge >= 0.3 is 0 Å². The second-order valence-corrected chi connectivity index (χ2v) is 8.75. The molecule has 0 aliphatic carbocycles. The molecule has 0 fully saturated rings. The summed E-state index contributed by atoms with van der Waals surface area (Å²) in [7, 11) is 0. The minimum Gasteiger partial charge on any atom is -0.394 e. The van der Waals surface area contributed by atoms with E-state index in [2.05, 4.69) is 31.3 Å². The second kappa shape index (κ2) is 23.5. The van der Waals surface area contributed by atoms with Crippen LogP contribution in [-0.2, 0) is 4.79 Å². The first-order chi connectivity index (χ1) is 15.2. The van der Waals surface area contributed by atoms with Gasteiger partial charge in [0, 0.05) is 6.42 Å². The van der Waals surface area contributed by atoms with Crippen molar-refractivity contribution in [2.24, 2.45) is 0 Å². The van der Waals surface area contributed by atoms with Crippen molar-refractivity contribution < 1.29 is 15.0 Å². The molecule has 0 rings (SSSR count). The van der Waals surface area contributed by atoms with Crippen molar-refractivity contribution in [3.8, 4) is 0 Å². The zero-order chi connectivity index (χ0) is 23.0. The Bertz CT molecular complexity index is 448. The predicted octanol–water partition coefficient (Wildman–Crippen LogP) is 6.61. The largest absolute Gasteiger partial charge is 0.394 e. The van der Waals surface area contributed by atoms with Gasteiger partial charge in [0.05, 0.1) is 18.8 Å². The molecule has 0 aromatic rings. The van der Waals surface area contributed by atoms with Crippen molar-refractivity contribution in [3.05, 3.63) is 24.3 Å². The fourth-order valence-electron chi connectivity index (χ4n) is 3.57. The van der Waals surface area contributed by atoms with Crippen LogP contribution in [0.15, 0.2) is 24.3 Å². The molecule has 0 saturated heterocycles. The fourth-order valence-corrected chi connectivity index (χ4v) is 3.57. The number of hydrogen-bond acceptors (Lipinski definition) is 3. The molecule has 2 atom stereocenters. The lowest BCUT2D eigenvalue weighted by molar-refractivity contribution is -0.123. The molecule has 31 heavy (non-hydrogen) atoms. The minimum atomic E-state index is -0.835. The van der Waals surface area contributed by atoms with Crippen molar-refractivity contribution in [1.29, 1.82) is 0 Å². The molecule has 0 aliphatic rings. The number of hydrogen-bond donors (Lipinski definition) is 3. The molecule has 2 unspecified atom stereocenters. The van der Waals surface area contributed by atoms with E-state index in [0.29, 0.717) is 6.42 Å². The maximum Gasteiger partial charge on any atom is 0.220 e. The zero-order valence-electron chi connectivity index (χ0n) is 20.5. The molecule has 4 heteroatoms. The van der Waals surface area contributed by atoms with Crippen molar-refractivity contribution in [2.45, 2.75) is 135 Å². The van der Waals surface area contributed by atoms with Crippen LogP contribution in [0.5, 0.6) is 0 Å². The number of allylic oxidation sites excluding steroid dienone is 3. The highest BCUT2D eigenvalue weighted by molar-refractivity contribution is 5.76. The molecule has 1 amide bonds. The average molecular weight is 438 g/mol. The lowest BCUT2D eigenvalue weighted by atomic mass is 10.1. The van der Waals surface area contributed by atoms with Crippen LogP contribution in [0.4, 0.5) is 0 Å². The summed E-state index contributed by atoms with van der Waals surface area (Å²) in [6.45, 7) is 4.19. The number of nitrogens with one attached hydrogen (secondary N) is 1. The Hall–Kier alpha value is -1.13. The maximum atomic E-state index is 12.1. The highest BCUT2D eigenvalue weighted by atomic mass is 16.3. The van der Waals surface area contributed by atoms with E-state index in [1.54, 1.807) is 6.08 Å². The summed E-state index contributed by atoms with van der Waals surface area (Å²) >= 11 is 0. The van der Waals surface area contributed by atoms with Crippen LogP contribution in [0.2, 0.25) is 0 Å². The normalized spacial score (nSPS) is 13.8. The monoisotopic (exact) mass is 437 g/mol. The van der Waals surface area contributed by atoms with E-state index in [1.165, 1.54) is 64.2 Å². The van der Waals surface area contributed by atoms with Crippen LogP contribution in [0.1, 0.15) is 123 Å². The Balaban J connectivity index is 3.78. The summed E-state index contributed by atoms with van der Waals surface area (Å²) in [4.78, 5) is 12.1. The van der Waals surface area contributed by atoms with Crippen LogP contribution in [0, 0.1) is 0 Å². The van der Waals surface area contributed by atoms with Crippen LogP contribution in [0.3, 0.4) is 0 Å². The predicted molar refractivity (Wildman–Crippen MR) is 133 cm³/mol. The van der Waals surface area contributed by atoms with Gasteiger partial charge < -0.3 is 15.5 Å². The van der Waals surface area contributed by atoms with Crippen LogP contribution in [-0.4, -0.2) is 34.9 Å². The Morgan fingerprint density at radius 3 is 1.87 bits per heavy atom. The minimum absolute atomic E-state index is 0.0851. The summed E-state index contributed by atoms with van der Waals surface area (Å²) < 4.78 is 0. The number of rotatable bonds is 22. The Morgan fingerprint density at radius 2 is 1.26 bits per heavy atom. The van der Waals surface area contributed by atoms with Gasteiger partial charge in [-0.2, -0.15) is 0 Å². The summed E-state index contributed by atoms with van der Waals surface area (Å²) in [5.41, 5.74) is 0. The van der Waals surface area contributed by atoms with E-state index in [-0.39, 0.29) is 12.5 Å². The lowest BCUT2D eigenvalue weighted by Crippen LogP contribution is -2.45. The smallest absolute Gasteiger partial charge is 0.220 e. The Kier molecular flexibility index (Phi) is 22.7. The van der Waals surface area contributed by atoms with E-state index < -0.39 is 12.1 Å². The van der Waals surface area contributed by atoms with Gasteiger partial charge in [-0.1, -0.05) is 102 Å². The summed E-state index contributed by atoms with van der Waals surface area (Å²) in [5.74, 6) is -0.0851. The molecular formula is C27H51NO3. The molecule has 0 heterocycles. The molecule has 182 valence electrons. The number of unbranched alkanes of at least 4 members (excludes halogenated alkanes) is 13. The fraction of sp³-hybridized carbons (Fsp3) is 0.815. The van der Waals surface area contributed by atoms with E-state index in [4.69, 9.17) is 0 Å². The van der Waals surface area contributed by atoms with Crippen LogP contribution < -0.4 is 5.32 Å². The average Bonchev–Trinajstić information content (AvgIpc) is 2.77. The van der Waals surface area contributed by atoms with Crippen LogP contribution >= 0.6 is 0 Å². The van der Waals surface area contributed by atoms with Gasteiger partial charge in [-0.3, -0.25) is 4.79 Å². The topological polar surface area (TPSA) is 69.6 Å². The first-order valence-electron chi connectivity index (χ1n) is 13.1. The first kappa shape index (κ1) is 29.9. The third-order valence-electron chi connectivity index (χ3n) is 5.68. The van der Waals surface area contributed by atoms with Gasteiger partial charge in [0.25, 0.3) is 0 Å². The van der Waals surface area contributed by atoms with Crippen molar-refractivity contribution >= 4 is 5.91 Å². The first-order valence-corrected chi connectivity index (χ1v) is 13.1. The van der Waals surface area contributed by atoms with Crippen molar-refractivity contribution in [3.63, 3.8) is 0 Å². The zero-order valence-corrected chi connectivity index (χ0v) is 20.5. The molecule has 0 bridgehead atoms. The Morgan fingerprint density at radius 1 is 0.742 bits per heavy atom. The summed E-state index contributed by atoms with van der Waals surface area (Å²) in [5, 5.41) is 22.5. The molecule has 0 radical (unpaired) electrons. The van der Waals surface area contributed by atoms with Gasteiger partial charge in [-0.25, -0.2) is 0 Å². The molecule has 4 nitrogen and oxygen atoms in total. The molecule has 0 saturated carbocycles. The standard InChI is InChI=1S/C27H51NO3/c1-3-5-7-9-11-13-15-17-19-21-23-27(31)28-25(24-29)26(30)22-20-18-16-14-12-10-8-6-4-2/h9,11,20,22,25-26,29-30H,3-8,10,12-19,21,23-24H2,1-2H3,(H,28,31)/b11-9-,22-20+. The highest BCUT2D eigenvalue weighted by Crippen LogP contribution is 2.10. The van der Waals surface area contributed by atoms with Gasteiger partial charge in [0.1, 0.15) is 0 Å².